The lowest BCUT2D eigenvalue weighted by Gasteiger charge is -2.24. The maximum atomic E-state index is 11.7. The van der Waals surface area contributed by atoms with Gasteiger partial charge in [-0.3, -0.25) is 4.79 Å². The van der Waals surface area contributed by atoms with Crippen LogP contribution >= 0.6 is 0 Å². The molecule has 1 aliphatic rings. The van der Waals surface area contributed by atoms with Crippen molar-refractivity contribution in [3.8, 4) is 0 Å². The molecule has 1 saturated heterocycles. The van der Waals surface area contributed by atoms with E-state index in [0.717, 1.165) is 18.5 Å². The predicted octanol–water partition coefficient (Wildman–Crippen LogP) is 1.18. The molecule has 2 unspecified atom stereocenters. The molecule has 0 aromatic heterocycles. The zero-order valence-corrected chi connectivity index (χ0v) is 9.16. The molecular weight excluding hydrogens is 178 g/mol. The lowest BCUT2D eigenvalue weighted by Crippen LogP contribution is -2.38. The third kappa shape index (κ3) is 2.35. The molecule has 0 saturated carbocycles. The highest BCUT2D eigenvalue weighted by Gasteiger charge is 2.32. The van der Waals surface area contributed by atoms with Crippen molar-refractivity contribution in [2.24, 2.45) is 5.92 Å². The summed E-state index contributed by atoms with van der Waals surface area (Å²) in [6.07, 6.45) is 2.63. The van der Waals surface area contributed by atoms with Crippen molar-refractivity contribution >= 4 is 5.91 Å². The topological polar surface area (TPSA) is 40.5 Å². The summed E-state index contributed by atoms with van der Waals surface area (Å²) in [5.74, 6) is 0.447. The minimum atomic E-state index is 0.0121. The number of aliphatic hydroxyl groups excluding tert-OH is 1. The summed E-state index contributed by atoms with van der Waals surface area (Å²) in [6, 6.07) is 0.0121. The van der Waals surface area contributed by atoms with E-state index in [0.29, 0.717) is 5.92 Å². The summed E-state index contributed by atoms with van der Waals surface area (Å²) in [5, 5.41) is 9.18. The molecule has 3 heteroatoms. The maximum absolute atomic E-state index is 11.7. The van der Waals surface area contributed by atoms with Crippen LogP contribution < -0.4 is 0 Å². The van der Waals surface area contributed by atoms with Crippen molar-refractivity contribution in [3.05, 3.63) is 11.6 Å². The van der Waals surface area contributed by atoms with Gasteiger partial charge in [0.15, 0.2) is 0 Å². The van der Waals surface area contributed by atoms with E-state index in [9.17, 15) is 9.90 Å². The van der Waals surface area contributed by atoms with Crippen LogP contribution in [0.2, 0.25) is 0 Å². The summed E-state index contributed by atoms with van der Waals surface area (Å²) < 4.78 is 0. The second-order valence-electron chi connectivity index (χ2n) is 4.27. The Balaban J connectivity index is 2.69. The van der Waals surface area contributed by atoms with Gasteiger partial charge in [-0.25, -0.2) is 0 Å². The van der Waals surface area contributed by atoms with Gasteiger partial charge in [0, 0.05) is 12.6 Å². The van der Waals surface area contributed by atoms with Crippen LogP contribution in [0.15, 0.2) is 11.6 Å². The molecule has 3 nitrogen and oxygen atoms in total. The third-order valence-corrected chi connectivity index (χ3v) is 2.76. The summed E-state index contributed by atoms with van der Waals surface area (Å²) in [7, 11) is 0. The fourth-order valence-electron chi connectivity index (χ4n) is 1.89. The number of nitrogens with zero attached hydrogens (tertiary/aromatic N) is 1. The third-order valence-electron chi connectivity index (χ3n) is 2.76. The summed E-state index contributed by atoms with van der Waals surface area (Å²) >= 11 is 0. The van der Waals surface area contributed by atoms with Gasteiger partial charge in [0.1, 0.15) is 0 Å². The normalized spacial score (nSPS) is 26.4. The lowest BCUT2D eigenvalue weighted by atomic mass is 10.0. The van der Waals surface area contributed by atoms with E-state index < -0.39 is 0 Å². The first kappa shape index (κ1) is 11.2. The number of hydrogen-bond donors (Lipinski definition) is 1. The highest BCUT2D eigenvalue weighted by molar-refractivity contribution is 5.88. The molecule has 0 spiro atoms. The van der Waals surface area contributed by atoms with E-state index in [1.165, 1.54) is 0 Å². The molecule has 0 aromatic carbocycles. The number of carbonyl (C=O) groups is 1. The molecule has 1 rings (SSSR count). The average molecular weight is 197 g/mol. The zero-order valence-electron chi connectivity index (χ0n) is 9.16. The first-order valence-corrected chi connectivity index (χ1v) is 5.12. The summed E-state index contributed by atoms with van der Waals surface area (Å²) in [4.78, 5) is 13.5. The molecule has 0 radical (unpaired) electrons. The molecular formula is C11H19NO2. The summed E-state index contributed by atoms with van der Waals surface area (Å²) in [6.45, 7) is 6.74. The van der Waals surface area contributed by atoms with Gasteiger partial charge >= 0.3 is 0 Å². The minimum Gasteiger partial charge on any atom is -0.394 e. The van der Waals surface area contributed by atoms with E-state index in [1.807, 2.05) is 13.8 Å². The highest BCUT2D eigenvalue weighted by atomic mass is 16.3. The first-order valence-electron chi connectivity index (χ1n) is 5.12. The zero-order chi connectivity index (χ0) is 10.7. The maximum Gasteiger partial charge on any atom is 0.246 e. The van der Waals surface area contributed by atoms with Gasteiger partial charge in [0.05, 0.1) is 12.6 Å². The standard InChI is InChI=1S/C11H19NO2/c1-8(2)6-11(14)12-5-4-9(3)10(12)7-13/h6,9-10,13H,4-5,7H2,1-3H3. The van der Waals surface area contributed by atoms with Crippen LogP contribution in [-0.4, -0.2) is 35.1 Å². The van der Waals surface area contributed by atoms with Crippen LogP contribution in [0.3, 0.4) is 0 Å². The quantitative estimate of drug-likeness (QED) is 0.675. The molecule has 0 aromatic rings. The Morgan fingerprint density at radius 1 is 1.57 bits per heavy atom. The summed E-state index contributed by atoms with van der Waals surface area (Å²) in [5.41, 5.74) is 1.01. The van der Waals surface area contributed by atoms with Crippen LogP contribution in [0.25, 0.3) is 0 Å². The Morgan fingerprint density at radius 3 is 2.71 bits per heavy atom. The molecule has 0 bridgehead atoms. The average Bonchev–Trinajstić information content (AvgIpc) is 2.45. The molecule has 2 atom stereocenters. The van der Waals surface area contributed by atoms with Crippen molar-refractivity contribution < 1.29 is 9.90 Å². The fraction of sp³-hybridized carbons (Fsp3) is 0.727. The predicted molar refractivity (Wildman–Crippen MR) is 55.8 cm³/mol. The van der Waals surface area contributed by atoms with E-state index in [4.69, 9.17) is 0 Å². The largest absolute Gasteiger partial charge is 0.394 e. The smallest absolute Gasteiger partial charge is 0.246 e. The van der Waals surface area contributed by atoms with E-state index in [-0.39, 0.29) is 18.6 Å². The molecule has 1 N–H and O–H groups in total. The van der Waals surface area contributed by atoms with Gasteiger partial charge < -0.3 is 10.0 Å². The van der Waals surface area contributed by atoms with Crippen molar-refractivity contribution in [1.82, 2.24) is 4.90 Å². The van der Waals surface area contributed by atoms with Crippen LogP contribution in [0, 0.1) is 5.92 Å². The molecule has 1 amide bonds. The second-order valence-corrected chi connectivity index (χ2v) is 4.27. The van der Waals surface area contributed by atoms with Crippen LogP contribution in [-0.2, 0) is 4.79 Å². The lowest BCUT2D eigenvalue weighted by molar-refractivity contribution is -0.127. The van der Waals surface area contributed by atoms with Gasteiger partial charge in [-0.05, 0) is 26.2 Å². The van der Waals surface area contributed by atoms with E-state index >= 15 is 0 Å². The van der Waals surface area contributed by atoms with E-state index in [1.54, 1.807) is 11.0 Å². The van der Waals surface area contributed by atoms with Crippen molar-refractivity contribution in [3.63, 3.8) is 0 Å². The van der Waals surface area contributed by atoms with Crippen molar-refractivity contribution in [2.75, 3.05) is 13.2 Å². The molecule has 1 fully saturated rings. The van der Waals surface area contributed by atoms with Crippen LogP contribution in [0.1, 0.15) is 27.2 Å². The number of amides is 1. The van der Waals surface area contributed by atoms with Gasteiger partial charge in [0.2, 0.25) is 5.91 Å². The van der Waals surface area contributed by atoms with Gasteiger partial charge in [-0.1, -0.05) is 12.5 Å². The van der Waals surface area contributed by atoms with Gasteiger partial charge in [0.25, 0.3) is 0 Å². The number of likely N-dealkylation sites (tertiary alicyclic amines) is 1. The number of allylic oxidation sites excluding steroid dienone is 1. The minimum absolute atomic E-state index is 0.0121. The Kier molecular flexibility index (Phi) is 3.69. The Bertz CT molecular complexity index is 244. The molecule has 1 heterocycles. The SMILES string of the molecule is CC(C)=CC(=O)N1CCC(C)C1CO. The Hall–Kier alpha value is -0.830. The van der Waals surface area contributed by atoms with Crippen LogP contribution in [0.4, 0.5) is 0 Å². The molecule has 14 heavy (non-hydrogen) atoms. The fourth-order valence-corrected chi connectivity index (χ4v) is 1.89. The van der Waals surface area contributed by atoms with E-state index in [2.05, 4.69) is 6.92 Å². The highest BCUT2D eigenvalue weighted by Crippen LogP contribution is 2.23. The Labute approximate surface area is 85.4 Å². The van der Waals surface area contributed by atoms with Gasteiger partial charge in [-0.2, -0.15) is 0 Å². The molecule has 0 aliphatic carbocycles. The van der Waals surface area contributed by atoms with Gasteiger partial charge in [-0.15, -0.1) is 0 Å². The monoisotopic (exact) mass is 197 g/mol. The first-order chi connectivity index (χ1) is 6.56. The number of carbonyl (C=O) groups excluding carboxylic acids is 1. The van der Waals surface area contributed by atoms with Crippen LogP contribution in [0.5, 0.6) is 0 Å². The second kappa shape index (κ2) is 4.60. The Morgan fingerprint density at radius 2 is 2.21 bits per heavy atom. The number of hydrogen-bond acceptors (Lipinski definition) is 2. The number of rotatable bonds is 2. The molecule has 80 valence electrons. The van der Waals surface area contributed by atoms with Crippen molar-refractivity contribution in [1.29, 1.82) is 0 Å². The van der Waals surface area contributed by atoms with Crippen molar-refractivity contribution in [2.45, 2.75) is 33.2 Å². The number of aliphatic hydroxyl groups is 1. The molecule has 1 aliphatic heterocycles.